The van der Waals surface area contributed by atoms with Gasteiger partial charge in [0.1, 0.15) is 4.88 Å². The largest absolute Gasteiger partial charge is 0.321 e. The van der Waals surface area contributed by atoms with Gasteiger partial charge in [-0.2, -0.15) is 0 Å². The predicted octanol–water partition coefficient (Wildman–Crippen LogP) is 5.77. The molecule has 1 N–H and O–H groups in total. The zero-order chi connectivity index (χ0) is 15.0. The van der Waals surface area contributed by atoms with Crippen molar-refractivity contribution in [2.75, 3.05) is 5.32 Å². The summed E-state index contributed by atoms with van der Waals surface area (Å²) >= 11 is 13.7. The molecule has 21 heavy (non-hydrogen) atoms. The molecular formula is C16H11Cl2NOS. The molecule has 0 aliphatic heterocycles. The summed E-state index contributed by atoms with van der Waals surface area (Å²) in [4.78, 5) is 12.9. The number of aryl methyl sites for hydroxylation is 1. The molecule has 2 nitrogen and oxygen atoms in total. The average molecular weight is 336 g/mol. The first-order valence-electron chi connectivity index (χ1n) is 6.31. The second-order valence-electron chi connectivity index (χ2n) is 4.66. The highest BCUT2D eigenvalue weighted by atomic mass is 35.5. The number of anilines is 1. The quantitative estimate of drug-likeness (QED) is 0.632. The second-order valence-corrected chi connectivity index (χ2v) is 6.50. The average Bonchev–Trinajstić information content (AvgIpc) is 2.81. The molecular weight excluding hydrogens is 325 g/mol. The fraction of sp³-hybridized carbons (Fsp3) is 0.0625. The normalized spacial score (nSPS) is 10.8. The van der Waals surface area contributed by atoms with Crippen molar-refractivity contribution in [3.05, 3.63) is 63.0 Å². The fourth-order valence-corrected chi connectivity index (χ4v) is 3.61. The van der Waals surface area contributed by atoms with Gasteiger partial charge in [0.05, 0.1) is 5.02 Å². The van der Waals surface area contributed by atoms with Crippen LogP contribution in [0.2, 0.25) is 10.0 Å². The van der Waals surface area contributed by atoms with Gasteiger partial charge >= 0.3 is 0 Å². The number of hydrogen-bond acceptors (Lipinski definition) is 2. The van der Waals surface area contributed by atoms with E-state index in [-0.39, 0.29) is 5.91 Å². The molecule has 0 saturated heterocycles. The maximum atomic E-state index is 12.4. The lowest BCUT2D eigenvalue weighted by Crippen LogP contribution is -2.10. The monoisotopic (exact) mass is 335 g/mol. The molecule has 3 aromatic rings. The van der Waals surface area contributed by atoms with Crippen molar-refractivity contribution in [1.82, 2.24) is 0 Å². The lowest BCUT2D eigenvalue weighted by atomic mass is 10.2. The predicted molar refractivity (Wildman–Crippen MR) is 91.0 cm³/mol. The van der Waals surface area contributed by atoms with Crippen LogP contribution < -0.4 is 5.32 Å². The van der Waals surface area contributed by atoms with Crippen LogP contribution in [0.5, 0.6) is 0 Å². The maximum absolute atomic E-state index is 12.4. The third-order valence-corrected chi connectivity index (χ3v) is 5.25. The Labute approximate surface area is 136 Å². The summed E-state index contributed by atoms with van der Waals surface area (Å²) in [6.45, 7) is 1.91. The summed E-state index contributed by atoms with van der Waals surface area (Å²) in [5, 5.41) is 4.84. The maximum Gasteiger partial charge on any atom is 0.267 e. The Bertz CT molecular complexity index is 841. The third kappa shape index (κ3) is 2.77. The van der Waals surface area contributed by atoms with Crippen molar-refractivity contribution in [3.63, 3.8) is 0 Å². The van der Waals surface area contributed by atoms with Gasteiger partial charge in [-0.25, -0.2) is 0 Å². The molecule has 2 aromatic carbocycles. The van der Waals surface area contributed by atoms with E-state index < -0.39 is 0 Å². The van der Waals surface area contributed by atoms with Crippen LogP contribution in [-0.2, 0) is 0 Å². The summed E-state index contributed by atoms with van der Waals surface area (Å²) < 4.78 is 0.995. The second kappa shape index (κ2) is 5.68. The van der Waals surface area contributed by atoms with Crippen molar-refractivity contribution in [2.24, 2.45) is 0 Å². The Morgan fingerprint density at radius 1 is 1.14 bits per heavy atom. The SMILES string of the molecule is Cc1ccc(NC(=O)c2sc3ccccc3c2Cl)cc1Cl. The molecule has 0 radical (unpaired) electrons. The number of halogens is 2. The van der Waals surface area contributed by atoms with Crippen LogP contribution in [0.25, 0.3) is 10.1 Å². The zero-order valence-corrected chi connectivity index (χ0v) is 13.4. The molecule has 1 amide bonds. The molecule has 0 aliphatic carbocycles. The van der Waals surface area contributed by atoms with E-state index in [0.717, 1.165) is 15.6 Å². The van der Waals surface area contributed by atoms with Crippen molar-refractivity contribution in [3.8, 4) is 0 Å². The minimum absolute atomic E-state index is 0.221. The molecule has 0 unspecified atom stereocenters. The number of benzene rings is 2. The van der Waals surface area contributed by atoms with Gasteiger partial charge in [0.15, 0.2) is 0 Å². The molecule has 1 aromatic heterocycles. The van der Waals surface area contributed by atoms with E-state index in [9.17, 15) is 4.79 Å². The molecule has 0 fully saturated rings. The van der Waals surface area contributed by atoms with E-state index in [1.165, 1.54) is 11.3 Å². The van der Waals surface area contributed by atoms with Crippen molar-refractivity contribution in [2.45, 2.75) is 6.92 Å². The number of rotatable bonds is 2. The van der Waals surface area contributed by atoms with Gasteiger partial charge in [0, 0.05) is 20.8 Å². The Balaban J connectivity index is 1.93. The highest BCUT2D eigenvalue weighted by Gasteiger charge is 2.17. The van der Waals surface area contributed by atoms with Gasteiger partial charge in [-0.3, -0.25) is 4.79 Å². The topological polar surface area (TPSA) is 29.1 Å². The molecule has 3 rings (SSSR count). The number of amides is 1. The standard InChI is InChI=1S/C16H11Cl2NOS/c1-9-6-7-10(8-12(9)17)19-16(20)15-14(18)11-4-2-3-5-13(11)21-15/h2-8H,1H3,(H,19,20). The molecule has 1 heterocycles. The molecule has 0 saturated carbocycles. The van der Waals surface area contributed by atoms with E-state index >= 15 is 0 Å². The van der Waals surface area contributed by atoms with Crippen LogP contribution in [0.4, 0.5) is 5.69 Å². The Morgan fingerprint density at radius 2 is 1.90 bits per heavy atom. The number of carbonyl (C=O) groups excluding carboxylic acids is 1. The molecule has 5 heteroatoms. The van der Waals surface area contributed by atoms with E-state index in [1.54, 1.807) is 6.07 Å². The van der Waals surface area contributed by atoms with Gasteiger partial charge in [0.2, 0.25) is 0 Å². The van der Waals surface area contributed by atoms with E-state index in [0.29, 0.717) is 20.6 Å². The van der Waals surface area contributed by atoms with Crippen LogP contribution in [0, 0.1) is 6.92 Å². The smallest absolute Gasteiger partial charge is 0.267 e. The van der Waals surface area contributed by atoms with Crippen LogP contribution in [0.3, 0.4) is 0 Å². The lowest BCUT2D eigenvalue weighted by molar-refractivity contribution is 0.103. The van der Waals surface area contributed by atoms with Crippen LogP contribution in [0.1, 0.15) is 15.2 Å². The fourth-order valence-electron chi connectivity index (χ4n) is 2.02. The molecule has 0 bridgehead atoms. The lowest BCUT2D eigenvalue weighted by Gasteiger charge is -2.06. The molecule has 0 spiro atoms. The Morgan fingerprint density at radius 3 is 2.62 bits per heavy atom. The zero-order valence-electron chi connectivity index (χ0n) is 11.1. The first-order valence-corrected chi connectivity index (χ1v) is 7.88. The number of thiophene rings is 1. The first-order chi connectivity index (χ1) is 10.1. The minimum atomic E-state index is -0.221. The van der Waals surface area contributed by atoms with Gasteiger partial charge < -0.3 is 5.32 Å². The van der Waals surface area contributed by atoms with Crippen LogP contribution >= 0.6 is 34.5 Å². The van der Waals surface area contributed by atoms with Gasteiger partial charge in [0.25, 0.3) is 5.91 Å². The number of hydrogen-bond donors (Lipinski definition) is 1. The van der Waals surface area contributed by atoms with Crippen molar-refractivity contribution in [1.29, 1.82) is 0 Å². The number of carbonyl (C=O) groups is 1. The number of nitrogens with one attached hydrogen (secondary N) is 1. The molecule has 0 atom stereocenters. The van der Waals surface area contributed by atoms with Gasteiger partial charge in [-0.1, -0.05) is 47.5 Å². The summed E-state index contributed by atoms with van der Waals surface area (Å²) in [5.41, 5.74) is 1.62. The highest BCUT2D eigenvalue weighted by molar-refractivity contribution is 7.21. The Hall–Kier alpha value is -1.55. The van der Waals surface area contributed by atoms with Gasteiger partial charge in [-0.15, -0.1) is 11.3 Å². The van der Waals surface area contributed by atoms with Crippen LogP contribution in [-0.4, -0.2) is 5.91 Å². The number of fused-ring (bicyclic) bond motifs is 1. The highest BCUT2D eigenvalue weighted by Crippen LogP contribution is 2.35. The summed E-state index contributed by atoms with van der Waals surface area (Å²) in [7, 11) is 0. The summed E-state index contributed by atoms with van der Waals surface area (Å²) in [6.07, 6.45) is 0. The summed E-state index contributed by atoms with van der Waals surface area (Å²) in [5.74, 6) is -0.221. The third-order valence-electron chi connectivity index (χ3n) is 3.17. The molecule has 106 valence electrons. The minimum Gasteiger partial charge on any atom is -0.321 e. The van der Waals surface area contributed by atoms with E-state index in [2.05, 4.69) is 5.32 Å². The molecule has 0 aliphatic rings. The van der Waals surface area contributed by atoms with Crippen molar-refractivity contribution < 1.29 is 4.79 Å². The van der Waals surface area contributed by atoms with Crippen LogP contribution in [0.15, 0.2) is 42.5 Å². The van der Waals surface area contributed by atoms with E-state index in [4.69, 9.17) is 23.2 Å². The Kier molecular flexibility index (Phi) is 3.89. The van der Waals surface area contributed by atoms with Gasteiger partial charge in [-0.05, 0) is 30.7 Å². The van der Waals surface area contributed by atoms with E-state index in [1.807, 2.05) is 43.3 Å². The van der Waals surface area contributed by atoms with Crippen molar-refractivity contribution >= 4 is 56.2 Å². The first kappa shape index (κ1) is 14.4. The summed E-state index contributed by atoms with van der Waals surface area (Å²) in [6, 6.07) is 13.1.